The lowest BCUT2D eigenvalue weighted by Gasteiger charge is -2.31. The predicted molar refractivity (Wildman–Crippen MR) is 161 cm³/mol. The lowest BCUT2D eigenvalue weighted by atomic mass is 10.1. The Balaban J connectivity index is 2.24. The Kier molecular flexibility index (Phi) is 23.2. The van der Waals surface area contributed by atoms with Crippen LogP contribution in [0.1, 0.15) is 124 Å². The lowest BCUT2D eigenvalue weighted by Crippen LogP contribution is -2.44. The second kappa shape index (κ2) is 25.3. The van der Waals surface area contributed by atoms with Gasteiger partial charge in [-0.2, -0.15) is 0 Å². The topological polar surface area (TPSA) is 86.3 Å². The quantitative estimate of drug-likeness (QED) is 0.0716. The minimum atomic E-state index is -0.428. The Labute approximate surface area is 245 Å². The van der Waals surface area contributed by atoms with E-state index < -0.39 is 6.09 Å². The average Bonchev–Trinajstić information content (AvgIpc) is 2.96. The summed E-state index contributed by atoms with van der Waals surface area (Å²) in [5.74, 6) is -0.627. The fraction of sp³-hybridized carbons (Fsp3) is 0.906. The van der Waals surface area contributed by atoms with Crippen molar-refractivity contribution in [2.75, 3.05) is 46.1 Å². The third-order valence-corrected chi connectivity index (χ3v) is 7.47. The van der Waals surface area contributed by atoms with Gasteiger partial charge in [-0.15, -0.1) is 0 Å². The van der Waals surface area contributed by atoms with E-state index in [4.69, 9.17) is 18.9 Å². The maximum atomic E-state index is 12.4. The molecule has 8 heteroatoms. The third-order valence-electron chi connectivity index (χ3n) is 7.47. The summed E-state index contributed by atoms with van der Waals surface area (Å²) in [4.78, 5) is 26.9. The van der Waals surface area contributed by atoms with Gasteiger partial charge in [0.1, 0.15) is 0 Å². The predicted octanol–water partition coefficient (Wildman–Crippen LogP) is 7.05. The minimum Gasteiger partial charge on any atom is -0.465 e. The number of alkyl carbamates (subject to hydrolysis) is 1. The molecule has 1 rings (SSSR count). The van der Waals surface area contributed by atoms with Crippen molar-refractivity contribution in [1.29, 1.82) is 0 Å². The normalized spacial score (nSPS) is 15.3. The van der Waals surface area contributed by atoms with Crippen LogP contribution >= 0.6 is 0 Å². The molecule has 1 aliphatic rings. The van der Waals surface area contributed by atoms with Crippen molar-refractivity contribution >= 4 is 12.1 Å². The van der Waals surface area contributed by atoms with Gasteiger partial charge in [-0.3, -0.25) is 4.79 Å². The van der Waals surface area contributed by atoms with Gasteiger partial charge in [0.15, 0.2) is 6.29 Å². The van der Waals surface area contributed by atoms with E-state index in [0.717, 1.165) is 58.2 Å². The molecule has 1 N–H and O–H groups in total. The van der Waals surface area contributed by atoms with Crippen LogP contribution in [-0.4, -0.2) is 75.4 Å². The zero-order valence-electron chi connectivity index (χ0n) is 26.1. The average molecular weight is 570 g/mol. The van der Waals surface area contributed by atoms with Crippen LogP contribution in [-0.2, 0) is 23.7 Å². The maximum absolute atomic E-state index is 12.4. The van der Waals surface area contributed by atoms with Crippen molar-refractivity contribution in [3.8, 4) is 0 Å². The molecule has 0 aliphatic carbocycles. The molecule has 0 aromatic carbocycles. The van der Waals surface area contributed by atoms with Gasteiger partial charge < -0.3 is 29.2 Å². The first kappa shape index (κ1) is 36.6. The fourth-order valence-corrected chi connectivity index (χ4v) is 4.77. The van der Waals surface area contributed by atoms with E-state index >= 15 is 0 Å². The molecule has 235 valence electrons. The molecule has 0 aromatic rings. The largest absolute Gasteiger partial charge is 0.465 e. The summed E-state index contributed by atoms with van der Waals surface area (Å²) < 4.78 is 22.7. The summed E-state index contributed by atoms with van der Waals surface area (Å²) in [6.45, 7) is 15.1. The second-order valence-electron chi connectivity index (χ2n) is 11.2. The van der Waals surface area contributed by atoms with E-state index in [0.29, 0.717) is 19.6 Å². The minimum absolute atomic E-state index is 0.109. The van der Waals surface area contributed by atoms with E-state index in [1.54, 1.807) is 0 Å². The van der Waals surface area contributed by atoms with Gasteiger partial charge in [-0.25, -0.2) is 4.79 Å². The number of esters is 1. The van der Waals surface area contributed by atoms with Gasteiger partial charge in [0, 0.05) is 44.7 Å². The molecule has 1 heterocycles. The molecule has 0 bridgehead atoms. The zero-order chi connectivity index (χ0) is 29.3. The van der Waals surface area contributed by atoms with Crippen LogP contribution < -0.4 is 5.32 Å². The smallest absolute Gasteiger partial charge is 0.407 e. The summed E-state index contributed by atoms with van der Waals surface area (Å²) in [6, 6.07) is 0.149. The summed E-state index contributed by atoms with van der Waals surface area (Å²) in [5.41, 5.74) is 0. The molecule has 0 spiro atoms. The van der Waals surface area contributed by atoms with Crippen LogP contribution in [0.3, 0.4) is 0 Å². The second-order valence-corrected chi connectivity index (χ2v) is 11.2. The number of amides is 1. The molecule has 1 saturated heterocycles. The highest BCUT2D eigenvalue weighted by Crippen LogP contribution is 2.13. The van der Waals surface area contributed by atoms with E-state index in [2.05, 4.69) is 37.9 Å². The zero-order valence-corrected chi connectivity index (χ0v) is 26.1. The molecular formula is C32H61N2O6. The van der Waals surface area contributed by atoms with E-state index in [1.807, 2.05) is 0 Å². The van der Waals surface area contributed by atoms with Crippen LogP contribution in [0.25, 0.3) is 0 Å². The number of hydrogen-bond acceptors (Lipinski definition) is 7. The number of unbranched alkanes of at least 4 members (excludes halogenated alkanes) is 10. The Morgan fingerprint density at radius 3 is 1.88 bits per heavy atom. The number of nitrogens with one attached hydrogen (secondary N) is 1. The summed E-state index contributed by atoms with van der Waals surface area (Å²) >= 11 is 0. The molecule has 1 atom stereocenters. The molecule has 0 aromatic heterocycles. The molecule has 1 fully saturated rings. The number of ether oxygens (including phenoxy) is 4. The van der Waals surface area contributed by atoms with Crippen LogP contribution in [0.15, 0.2) is 0 Å². The van der Waals surface area contributed by atoms with Crippen molar-refractivity contribution in [2.45, 2.75) is 136 Å². The Morgan fingerprint density at radius 1 is 0.800 bits per heavy atom. The summed E-state index contributed by atoms with van der Waals surface area (Å²) in [7, 11) is 0. The Morgan fingerprint density at radius 2 is 1.32 bits per heavy atom. The highest BCUT2D eigenvalue weighted by molar-refractivity contribution is 5.69. The van der Waals surface area contributed by atoms with Crippen LogP contribution in [0.5, 0.6) is 0 Å². The lowest BCUT2D eigenvalue weighted by molar-refractivity contribution is -0.160. The number of nitrogens with zero attached hydrogens (tertiary/aromatic N) is 1. The van der Waals surface area contributed by atoms with Crippen molar-refractivity contribution in [1.82, 2.24) is 10.2 Å². The molecule has 1 aliphatic heterocycles. The van der Waals surface area contributed by atoms with Gasteiger partial charge in [-0.05, 0) is 39.2 Å². The number of carbonyl (C=O) groups excluding carboxylic acids is 2. The first-order valence-electron chi connectivity index (χ1n) is 16.4. The van der Waals surface area contributed by atoms with Crippen molar-refractivity contribution in [3.63, 3.8) is 0 Å². The van der Waals surface area contributed by atoms with Crippen LogP contribution in [0.2, 0.25) is 0 Å². The number of rotatable bonds is 25. The Hall–Kier alpha value is -1.38. The SMILES string of the molecule is [CH2]C(COC(=O)CCC(OCCCCCCCC)OCCCCCCCC)COC(=O)NC1CCN(CC)CC1. The van der Waals surface area contributed by atoms with Gasteiger partial charge >= 0.3 is 12.1 Å². The molecule has 8 nitrogen and oxygen atoms in total. The summed E-state index contributed by atoms with van der Waals surface area (Å²) in [6.07, 6.45) is 16.2. The highest BCUT2D eigenvalue weighted by atomic mass is 16.7. The number of carbonyl (C=O) groups is 2. The number of likely N-dealkylation sites (tertiary alicyclic amines) is 1. The fourth-order valence-electron chi connectivity index (χ4n) is 4.77. The van der Waals surface area contributed by atoms with Gasteiger partial charge in [0.2, 0.25) is 0 Å². The first-order valence-corrected chi connectivity index (χ1v) is 16.4. The molecule has 1 unspecified atom stereocenters. The van der Waals surface area contributed by atoms with Gasteiger partial charge in [0.05, 0.1) is 19.6 Å². The van der Waals surface area contributed by atoms with E-state index in [9.17, 15) is 9.59 Å². The molecule has 40 heavy (non-hydrogen) atoms. The van der Waals surface area contributed by atoms with Crippen molar-refractivity contribution in [2.24, 2.45) is 5.92 Å². The van der Waals surface area contributed by atoms with Crippen LogP contribution in [0, 0.1) is 12.8 Å². The number of piperidine rings is 1. The van der Waals surface area contributed by atoms with Crippen molar-refractivity contribution < 1.29 is 28.5 Å². The number of hydrogen-bond donors (Lipinski definition) is 1. The van der Waals surface area contributed by atoms with E-state index in [-0.39, 0.29) is 43.9 Å². The maximum Gasteiger partial charge on any atom is 0.407 e. The van der Waals surface area contributed by atoms with Crippen molar-refractivity contribution in [3.05, 3.63) is 6.92 Å². The van der Waals surface area contributed by atoms with Gasteiger partial charge in [0.25, 0.3) is 0 Å². The first-order chi connectivity index (χ1) is 19.5. The molecule has 0 saturated carbocycles. The molecule has 1 amide bonds. The molecule has 1 radical (unpaired) electrons. The summed E-state index contributed by atoms with van der Waals surface area (Å²) in [5, 5.41) is 2.93. The standard InChI is InChI=1S/C32H61N2O6/c1-5-8-10-12-14-16-24-37-31(38-25-17-15-13-11-9-6-2)19-18-30(35)39-26-28(4)27-40-32(36)33-29-20-22-34(7-3)23-21-29/h28-29,31H,4-27H2,1-3H3,(H,33,36). The van der Waals surface area contributed by atoms with E-state index in [1.165, 1.54) is 51.4 Å². The van der Waals surface area contributed by atoms with Crippen LogP contribution in [0.4, 0.5) is 4.79 Å². The third kappa shape index (κ3) is 20.5. The molecular weight excluding hydrogens is 508 g/mol. The highest BCUT2D eigenvalue weighted by Gasteiger charge is 2.21. The monoisotopic (exact) mass is 569 g/mol. The van der Waals surface area contributed by atoms with Gasteiger partial charge in [-0.1, -0.05) is 85.0 Å². The Bertz CT molecular complexity index is 594.